The number of benzene rings is 1. The number of carbonyl (C=O) groups is 1. The Kier molecular flexibility index (Phi) is 3.63. The summed E-state index contributed by atoms with van der Waals surface area (Å²) < 4.78 is 1.76. The van der Waals surface area contributed by atoms with E-state index in [0.29, 0.717) is 11.3 Å². The minimum Gasteiger partial charge on any atom is -0.320 e. The van der Waals surface area contributed by atoms with Crippen molar-refractivity contribution in [3.8, 4) is 0 Å². The third-order valence-corrected chi connectivity index (χ3v) is 3.88. The molecule has 3 rings (SSSR count). The molecule has 0 saturated carbocycles. The summed E-state index contributed by atoms with van der Waals surface area (Å²) in [6.45, 7) is 6.05. The van der Waals surface area contributed by atoms with Gasteiger partial charge >= 0.3 is 0 Å². The van der Waals surface area contributed by atoms with Crippen molar-refractivity contribution in [3.63, 3.8) is 0 Å². The first-order valence-corrected chi connectivity index (χ1v) is 7.31. The number of amides is 1. The second-order valence-electron chi connectivity index (χ2n) is 5.29. The zero-order valence-electron chi connectivity index (χ0n) is 12.9. The zero-order valence-corrected chi connectivity index (χ0v) is 12.9. The van der Waals surface area contributed by atoms with Gasteiger partial charge in [-0.15, -0.1) is 0 Å². The highest BCUT2D eigenvalue weighted by Crippen LogP contribution is 2.19. The molecule has 5 heteroatoms. The molecule has 0 saturated heterocycles. The van der Waals surface area contributed by atoms with E-state index < -0.39 is 0 Å². The minimum absolute atomic E-state index is 0.202. The number of fused-ring (bicyclic) bond motifs is 1. The first-order chi connectivity index (χ1) is 10.6. The summed E-state index contributed by atoms with van der Waals surface area (Å²) >= 11 is 0. The van der Waals surface area contributed by atoms with E-state index in [-0.39, 0.29) is 5.91 Å². The van der Waals surface area contributed by atoms with E-state index in [1.165, 1.54) is 0 Å². The lowest BCUT2D eigenvalue weighted by Crippen LogP contribution is -2.16. The summed E-state index contributed by atoms with van der Waals surface area (Å²) in [6, 6.07) is 9.45. The maximum atomic E-state index is 12.5. The third-order valence-electron chi connectivity index (χ3n) is 3.88. The van der Waals surface area contributed by atoms with E-state index in [2.05, 4.69) is 15.4 Å². The number of hydrogen-bond acceptors (Lipinski definition) is 3. The molecule has 2 aromatic heterocycles. The molecule has 22 heavy (non-hydrogen) atoms. The Bertz CT molecular complexity index is 851. The van der Waals surface area contributed by atoms with E-state index in [9.17, 15) is 4.79 Å². The minimum atomic E-state index is -0.202. The van der Waals surface area contributed by atoms with Crippen LogP contribution in [0.1, 0.15) is 34.2 Å². The maximum Gasteiger partial charge on any atom is 0.274 e. The van der Waals surface area contributed by atoms with E-state index in [0.717, 1.165) is 28.9 Å². The van der Waals surface area contributed by atoms with Crippen molar-refractivity contribution in [1.29, 1.82) is 0 Å². The van der Waals surface area contributed by atoms with Gasteiger partial charge in [-0.2, -0.15) is 5.10 Å². The van der Waals surface area contributed by atoms with Crippen molar-refractivity contribution < 1.29 is 4.79 Å². The van der Waals surface area contributed by atoms with Crippen LogP contribution in [0.15, 0.2) is 36.5 Å². The van der Waals surface area contributed by atoms with Crippen LogP contribution < -0.4 is 5.32 Å². The van der Waals surface area contributed by atoms with Gasteiger partial charge in [0.05, 0.1) is 6.20 Å². The second kappa shape index (κ2) is 5.60. The number of anilines is 1. The molecule has 0 fully saturated rings. The van der Waals surface area contributed by atoms with Crippen LogP contribution in [0, 0.1) is 13.8 Å². The van der Waals surface area contributed by atoms with Gasteiger partial charge in [0.15, 0.2) is 5.65 Å². The third kappa shape index (κ3) is 2.45. The molecule has 1 amide bonds. The van der Waals surface area contributed by atoms with Crippen molar-refractivity contribution in [3.05, 3.63) is 59.0 Å². The summed E-state index contributed by atoms with van der Waals surface area (Å²) in [5.41, 5.74) is 5.08. The normalized spacial score (nSPS) is 10.9. The van der Waals surface area contributed by atoms with Crippen molar-refractivity contribution in [2.45, 2.75) is 27.2 Å². The van der Waals surface area contributed by atoms with Crippen LogP contribution >= 0.6 is 0 Å². The van der Waals surface area contributed by atoms with Gasteiger partial charge in [0, 0.05) is 17.4 Å². The molecule has 1 N–H and O–H groups in total. The molecule has 0 aliphatic rings. The smallest absolute Gasteiger partial charge is 0.274 e. The highest BCUT2D eigenvalue weighted by Gasteiger charge is 2.13. The number of aryl methyl sites for hydroxylation is 2. The topological polar surface area (TPSA) is 59.3 Å². The fraction of sp³-hybridized carbons (Fsp3) is 0.235. The van der Waals surface area contributed by atoms with Crippen LogP contribution in [0.25, 0.3) is 5.65 Å². The Morgan fingerprint density at radius 2 is 2.09 bits per heavy atom. The fourth-order valence-electron chi connectivity index (χ4n) is 2.42. The summed E-state index contributed by atoms with van der Waals surface area (Å²) in [6.07, 6.45) is 2.47. The fourth-order valence-corrected chi connectivity index (χ4v) is 2.42. The standard InChI is InChI=1S/C17H18N4O/c1-4-13-10-15(19-16-8-9-18-21(13)16)17(22)20-14-7-5-6-11(2)12(14)3/h5-10H,4H2,1-3H3,(H,20,22). The number of rotatable bonds is 3. The molecule has 0 aliphatic heterocycles. The van der Waals surface area contributed by atoms with Crippen molar-refractivity contribution in [2.75, 3.05) is 5.32 Å². The molecular formula is C17H18N4O. The average molecular weight is 294 g/mol. The molecule has 0 spiro atoms. The van der Waals surface area contributed by atoms with Crippen LogP contribution in [0.5, 0.6) is 0 Å². The van der Waals surface area contributed by atoms with Crippen LogP contribution in [0.3, 0.4) is 0 Å². The lowest BCUT2D eigenvalue weighted by atomic mass is 10.1. The number of carbonyl (C=O) groups excluding carboxylic acids is 1. The van der Waals surface area contributed by atoms with Gasteiger partial charge in [0.2, 0.25) is 0 Å². The second-order valence-corrected chi connectivity index (χ2v) is 5.29. The van der Waals surface area contributed by atoms with Gasteiger partial charge in [-0.25, -0.2) is 9.50 Å². The Hall–Kier alpha value is -2.69. The first-order valence-electron chi connectivity index (χ1n) is 7.31. The lowest BCUT2D eigenvalue weighted by molar-refractivity contribution is 0.102. The van der Waals surface area contributed by atoms with Crippen molar-refractivity contribution >= 4 is 17.2 Å². The molecular weight excluding hydrogens is 276 g/mol. The molecule has 112 valence electrons. The lowest BCUT2D eigenvalue weighted by Gasteiger charge is -2.11. The van der Waals surface area contributed by atoms with E-state index in [1.807, 2.05) is 39.0 Å². The summed E-state index contributed by atoms with van der Waals surface area (Å²) in [7, 11) is 0. The summed E-state index contributed by atoms with van der Waals surface area (Å²) in [5.74, 6) is -0.202. The van der Waals surface area contributed by atoms with Gasteiger partial charge < -0.3 is 5.32 Å². The molecule has 0 aliphatic carbocycles. The highest BCUT2D eigenvalue weighted by molar-refractivity contribution is 6.03. The predicted molar refractivity (Wildman–Crippen MR) is 86.2 cm³/mol. The van der Waals surface area contributed by atoms with Crippen LogP contribution in [-0.2, 0) is 6.42 Å². The van der Waals surface area contributed by atoms with Crippen LogP contribution in [0.4, 0.5) is 5.69 Å². The quantitative estimate of drug-likeness (QED) is 0.807. The predicted octanol–water partition coefficient (Wildman–Crippen LogP) is 3.16. The molecule has 1 aromatic carbocycles. The Morgan fingerprint density at radius 1 is 1.27 bits per heavy atom. The van der Waals surface area contributed by atoms with Gasteiger partial charge in [-0.1, -0.05) is 19.1 Å². The monoisotopic (exact) mass is 294 g/mol. The summed E-state index contributed by atoms with van der Waals surface area (Å²) in [5, 5.41) is 7.17. The van der Waals surface area contributed by atoms with E-state index in [1.54, 1.807) is 22.8 Å². The Labute approximate surface area is 129 Å². The SMILES string of the molecule is CCc1cc(C(=O)Nc2cccc(C)c2C)nc2ccnn12. The molecule has 5 nitrogen and oxygen atoms in total. The maximum absolute atomic E-state index is 12.5. The van der Waals surface area contributed by atoms with Gasteiger partial charge in [0.25, 0.3) is 5.91 Å². The number of nitrogens with one attached hydrogen (secondary N) is 1. The Morgan fingerprint density at radius 3 is 2.86 bits per heavy atom. The first kappa shape index (κ1) is 14.3. The highest BCUT2D eigenvalue weighted by atomic mass is 16.1. The summed E-state index contributed by atoms with van der Waals surface area (Å²) in [4.78, 5) is 16.9. The molecule has 0 radical (unpaired) electrons. The van der Waals surface area contributed by atoms with E-state index >= 15 is 0 Å². The average Bonchev–Trinajstić information content (AvgIpc) is 2.99. The van der Waals surface area contributed by atoms with Gasteiger partial charge in [0.1, 0.15) is 5.69 Å². The van der Waals surface area contributed by atoms with Crippen molar-refractivity contribution in [1.82, 2.24) is 14.6 Å². The molecule has 2 heterocycles. The van der Waals surface area contributed by atoms with Gasteiger partial charge in [-0.3, -0.25) is 4.79 Å². The number of hydrogen-bond donors (Lipinski definition) is 1. The number of nitrogens with zero attached hydrogens (tertiary/aromatic N) is 3. The molecule has 0 unspecified atom stereocenters. The van der Waals surface area contributed by atoms with Crippen molar-refractivity contribution in [2.24, 2.45) is 0 Å². The number of aromatic nitrogens is 3. The van der Waals surface area contributed by atoms with Crippen LogP contribution in [0.2, 0.25) is 0 Å². The van der Waals surface area contributed by atoms with Crippen LogP contribution in [-0.4, -0.2) is 20.5 Å². The zero-order chi connectivity index (χ0) is 15.7. The van der Waals surface area contributed by atoms with Gasteiger partial charge in [-0.05, 0) is 43.5 Å². The van der Waals surface area contributed by atoms with E-state index in [4.69, 9.17) is 0 Å². The largest absolute Gasteiger partial charge is 0.320 e. The molecule has 0 bridgehead atoms. The molecule has 0 atom stereocenters. The Balaban J connectivity index is 1.96. The molecule has 3 aromatic rings.